The van der Waals surface area contributed by atoms with Crippen LogP contribution in [-0.4, -0.2) is 22.3 Å². The molecule has 0 radical (unpaired) electrons. The fourth-order valence-corrected chi connectivity index (χ4v) is 3.09. The number of carbonyl (C=O) groups is 1. The first-order valence-electron chi connectivity index (χ1n) is 4.20. The van der Waals surface area contributed by atoms with E-state index < -0.39 is 17.5 Å². The number of aliphatic hydroxyl groups excluding tert-OH is 1. The topological polar surface area (TPSA) is 57.5 Å². The number of aliphatic hydroxyl groups is 1. The maximum absolute atomic E-state index is 11.1. The minimum Gasteiger partial charge on any atom is -0.481 e. The Bertz CT molecular complexity index is 368. The molecule has 0 aromatic carbocycles. The average molecular weight is 277 g/mol. The Balaban J connectivity index is 2.34. The minimum absolute atomic E-state index is 0.325. The van der Waals surface area contributed by atoms with Crippen LogP contribution in [0.25, 0.3) is 0 Å². The number of hydrogen-bond acceptors (Lipinski definition) is 3. The van der Waals surface area contributed by atoms with Crippen molar-refractivity contribution in [1.29, 1.82) is 0 Å². The summed E-state index contributed by atoms with van der Waals surface area (Å²) in [5.74, 6) is -0.840. The zero-order valence-electron chi connectivity index (χ0n) is 7.24. The van der Waals surface area contributed by atoms with E-state index in [1.54, 1.807) is 0 Å². The lowest BCUT2D eigenvalue weighted by Crippen LogP contribution is -2.50. The molecule has 0 amide bonds. The molecule has 5 heteroatoms. The lowest BCUT2D eigenvalue weighted by Gasteiger charge is -2.41. The quantitative estimate of drug-likeness (QED) is 0.869. The molecular formula is C9H9BrO3S. The summed E-state index contributed by atoms with van der Waals surface area (Å²) >= 11 is 4.78. The van der Waals surface area contributed by atoms with Gasteiger partial charge in [-0.2, -0.15) is 0 Å². The summed E-state index contributed by atoms with van der Waals surface area (Å²) in [6, 6.07) is 1.82. The van der Waals surface area contributed by atoms with Crippen LogP contribution in [0.5, 0.6) is 0 Å². The molecule has 2 N–H and O–H groups in total. The van der Waals surface area contributed by atoms with E-state index in [1.165, 1.54) is 11.3 Å². The Kier molecular flexibility index (Phi) is 2.41. The van der Waals surface area contributed by atoms with Crippen LogP contribution >= 0.6 is 27.3 Å². The average Bonchev–Trinajstić information content (AvgIpc) is 2.45. The third-order valence-corrected chi connectivity index (χ3v) is 4.20. The largest absolute Gasteiger partial charge is 0.481 e. The molecule has 0 spiro atoms. The highest BCUT2D eigenvalue weighted by Crippen LogP contribution is 2.46. The van der Waals surface area contributed by atoms with Crippen LogP contribution in [0.1, 0.15) is 18.4 Å². The van der Waals surface area contributed by atoms with Crippen molar-refractivity contribution < 1.29 is 15.0 Å². The van der Waals surface area contributed by atoms with Crippen molar-refractivity contribution in [3.05, 3.63) is 20.8 Å². The Labute approximate surface area is 93.5 Å². The van der Waals surface area contributed by atoms with Crippen LogP contribution in [0.3, 0.4) is 0 Å². The van der Waals surface area contributed by atoms with Crippen molar-refractivity contribution in [3.63, 3.8) is 0 Å². The van der Waals surface area contributed by atoms with E-state index in [0.29, 0.717) is 12.8 Å². The van der Waals surface area contributed by atoms with Gasteiger partial charge >= 0.3 is 5.97 Å². The van der Waals surface area contributed by atoms with E-state index in [1.807, 2.05) is 11.4 Å². The molecular weight excluding hydrogens is 268 g/mol. The number of carboxylic acid groups (broad SMARTS) is 1. The van der Waals surface area contributed by atoms with Crippen LogP contribution in [0.4, 0.5) is 0 Å². The molecule has 0 unspecified atom stereocenters. The maximum Gasteiger partial charge on any atom is 0.314 e. The predicted octanol–water partition coefficient (Wildman–Crippen LogP) is 1.99. The van der Waals surface area contributed by atoms with Crippen LogP contribution in [-0.2, 0) is 10.2 Å². The lowest BCUT2D eigenvalue weighted by molar-refractivity contribution is -0.152. The first-order chi connectivity index (χ1) is 6.54. The molecule has 1 aliphatic rings. The van der Waals surface area contributed by atoms with Gasteiger partial charge in [0.25, 0.3) is 0 Å². The van der Waals surface area contributed by atoms with E-state index in [4.69, 9.17) is 5.11 Å². The van der Waals surface area contributed by atoms with E-state index >= 15 is 0 Å². The van der Waals surface area contributed by atoms with E-state index in [2.05, 4.69) is 15.9 Å². The monoisotopic (exact) mass is 276 g/mol. The first kappa shape index (κ1) is 10.1. The standard InChI is InChI=1S/C9H9BrO3S/c10-7-1-5(4-14-7)9(8(12)13)2-6(11)3-9/h1,4,6,11H,2-3H2,(H,12,13). The van der Waals surface area contributed by atoms with Crippen molar-refractivity contribution >= 4 is 33.2 Å². The summed E-state index contributed by atoms with van der Waals surface area (Å²) in [6.45, 7) is 0. The van der Waals surface area contributed by atoms with Gasteiger partial charge < -0.3 is 10.2 Å². The number of carboxylic acids is 1. The number of hydrogen-bond donors (Lipinski definition) is 2. The van der Waals surface area contributed by atoms with Gasteiger partial charge in [-0.25, -0.2) is 0 Å². The van der Waals surface area contributed by atoms with Gasteiger partial charge in [0.1, 0.15) is 0 Å². The van der Waals surface area contributed by atoms with Crippen LogP contribution in [0, 0.1) is 0 Å². The summed E-state index contributed by atoms with van der Waals surface area (Å²) in [7, 11) is 0. The van der Waals surface area contributed by atoms with Crippen molar-refractivity contribution in [1.82, 2.24) is 0 Å². The van der Waals surface area contributed by atoms with Crippen molar-refractivity contribution in [2.24, 2.45) is 0 Å². The van der Waals surface area contributed by atoms with Gasteiger partial charge in [-0.3, -0.25) is 4.79 Å². The van der Waals surface area contributed by atoms with Gasteiger partial charge in [-0.1, -0.05) is 0 Å². The second-order valence-corrected chi connectivity index (χ2v) is 5.88. The van der Waals surface area contributed by atoms with E-state index in [0.717, 1.165) is 9.35 Å². The van der Waals surface area contributed by atoms with Crippen molar-refractivity contribution in [3.8, 4) is 0 Å². The molecule has 1 fully saturated rings. The SMILES string of the molecule is O=C(O)C1(c2csc(Br)c2)CC(O)C1. The maximum atomic E-state index is 11.1. The minimum atomic E-state index is -0.845. The molecule has 3 nitrogen and oxygen atoms in total. The molecule has 1 saturated carbocycles. The highest BCUT2D eigenvalue weighted by atomic mass is 79.9. The van der Waals surface area contributed by atoms with Crippen molar-refractivity contribution in [2.45, 2.75) is 24.4 Å². The van der Waals surface area contributed by atoms with Gasteiger partial charge in [0.05, 0.1) is 15.3 Å². The Morgan fingerprint density at radius 2 is 2.29 bits per heavy atom. The zero-order valence-corrected chi connectivity index (χ0v) is 9.64. The zero-order chi connectivity index (χ0) is 10.3. The smallest absolute Gasteiger partial charge is 0.314 e. The normalized spacial score (nSPS) is 31.1. The molecule has 1 aromatic rings. The Morgan fingerprint density at radius 3 is 2.64 bits per heavy atom. The summed E-state index contributed by atoms with van der Waals surface area (Å²) in [5, 5.41) is 20.2. The number of thiophene rings is 1. The van der Waals surface area contributed by atoms with Crippen LogP contribution in [0.15, 0.2) is 15.2 Å². The molecule has 2 rings (SSSR count). The Morgan fingerprint density at radius 1 is 1.64 bits per heavy atom. The van der Waals surface area contributed by atoms with Crippen LogP contribution < -0.4 is 0 Å². The molecule has 1 aromatic heterocycles. The molecule has 0 bridgehead atoms. The first-order valence-corrected chi connectivity index (χ1v) is 5.88. The lowest BCUT2D eigenvalue weighted by atomic mass is 9.63. The summed E-state index contributed by atoms with van der Waals surface area (Å²) < 4.78 is 0.925. The van der Waals surface area contributed by atoms with Gasteiger partial charge in [0.2, 0.25) is 0 Å². The van der Waals surface area contributed by atoms with Gasteiger partial charge in [0.15, 0.2) is 0 Å². The fourth-order valence-electron chi connectivity index (χ4n) is 1.84. The van der Waals surface area contributed by atoms with Gasteiger partial charge in [-0.05, 0) is 45.8 Å². The summed E-state index contributed by atoms with van der Waals surface area (Å²) in [6.07, 6.45) is 0.182. The fraction of sp³-hybridized carbons (Fsp3) is 0.444. The molecule has 0 aliphatic heterocycles. The molecule has 14 heavy (non-hydrogen) atoms. The number of rotatable bonds is 2. The molecule has 0 saturated heterocycles. The van der Waals surface area contributed by atoms with Crippen molar-refractivity contribution in [2.75, 3.05) is 0 Å². The highest BCUT2D eigenvalue weighted by Gasteiger charge is 2.51. The van der Waals surface area contributed by atoms with Crippen LogP contribution in [0.2, 0.25) is 0 Å². The molecule has 1 heterocycles. The Hall–Kier alpha value is -0.390. The number of aliphatic carboxylic acids is 1. The molecule has 1 aliphatic carbocycles. The second-order valence-electron chi connectivity index (χ2n) is 3.59. The summed E-state index contributed by atoms with van der Waals surface area (Å²) in [5.41, 5.74) is -0.0470. The molecule has 76 valence electrons. The van der Waals surface area contributed by atoms with Gasteiger partial charge in [0, 0.05) is 0 Å². The van der Waals surface area contributed by atoms with E-state index in [9.17, 15) is 9.90 Å². The molecule has 0 atom stereocenters. The highest BCUT2D eigenvalue weighted by molar-refractivity contribution is 9.11. The third-order valence-electron chi connectivity index (χ3n) is 2.70. The number of halogens is 1. The summed E-state index contributed by atoms with van der Waals surface area (Å²) in [4.78, 5) is 11.1. The van der Waals surface area contributed by atoms with E-state index in [-0.39, 0.29) is 0 Å². The third kappa shape index (κ3) is 1.39. The van der Waals surface area contributed by atoms with Gasteiger partial charge in [-0.15, -0.1) is 11.3 Å². The second kappa shape index (κ2) is 3.32. The predicted molar refractivity (Wildman–Crippen MR) is 56.6 cm³/mol.